The summed E-state index contributed by atoms with van der Waals surface area (Å²) >= 11 is 0. The van der Waals surface area contributed by atoms with E-state index < -0.39 is 30.0 Å². The van der Waals surface area contributed by atoms with Crippen molar-refractivity contribution in [2.75, 3.05) is 26.9 Å². The highest BCUT2D eigenvalue weighted by molar-refractivity contribution is 5.86. The molecule has 46 heavy (non-hydrogen) atoms. The summed E-state index contributed by atoms with van der Waals surface area (Å²) in [4.78, 5) is 42.5. The molecule has 3 aromatic rings. The Morgan fingerprint density at radius 2 is 1.41 bits per heavy atom. The molecule has 8 nitrogen and oxygen atoms in total. The van der Waals surface area contributed by atoms with Gasteiger partial charge in [0, 0.05) is 26.6 Å². The quantitative estimate of drug-likeness (QED) is 0.128. The number of amides is 2. The van der Waals surface area contributed by atoms with Crippen molar-refractivity contribution in [2.45, 2.75) is 44.4 Å². The van der Waals surface area contributed by atoms with Crippen molar-refractivity contribution < 1.29 is 29.0 Å². The van der Waals surface area contributed by atoms with E-state index in [0.717, 1.165) is 11.1 Å². The second-order valence-corrected chi connectivity index (χ2v) is 11.2. The average Bonchev–Trinajstić information content (AvgIpc) is 3.07. The number of esters is 1. The third kappa shape index (κ3) is 11.4. The Hall–Kier alpha value is -4.53. The van der Waals surface area contributed by atoms with Gasteiger partial charge < -0.3 is 24.8 Å². The van der Waals surface area contributed by atoms with Gasteiger partial charge in [0.2, 0.25) is 11.8 Å². The minimum Gasteiger partial charge on any atom is -0.455 e. The number of methoxy groups -OCH3 is 1. The van der Waals surface area contributed by atoms with E-state index in [1.807, 2.05) is 91.0 Å². The van der Waals surface area contributed by atoms with Crippen molar-refractivity contribution >= 4 is 17.8 Å². The highest BCUT2D eigenvalue weighted by Crippen LogP contribution is 2.26. The number of nitrogens with one attached hydrogen (secondary N) is 1. The van der Waals surface area contributed by atoms with Gasteiger partial charge in [-0.15, -0.1) is 13.2 Å². The number of benzene rings is 3. The molecule has 2 N–H and O–H groups in total. The van der Waals surface area contributed by atoms with E-state index in [1.165, 1.54) is 7.11 Å². The molecule has 0 bridgehead atoms. The smallest absolute Gasteiger partial charge is 0.310 e. The standard InChI is InChI=1S/C38H46N2O6/c1-4-15-32(26-35(42)40(23-24-41)27-30-19-11-7-12-20-30)37(43)39-34(28-45-3)36(31-21-13-8-14-22-31)46-38(44)33(16-5-2)25-29-17-9-6-10-18-29/h4-14,17-22,32-34,36,41H,1-2,15-16,23-28H2,3H3,(H,39,43)/t32-,33-,34+,36+/m1/s1. The topological polar surface area (TPSA) is 105 Å². The van der Waals surface area contributed by atoms with E-state index in [-0.39, 0.29) is 44.4 Å². The largest absolute Gasteiger partial charge is 0.455 e. The van der Waals surface area contributed by atoms with Crippen molar-refractivity contribution in [3.05, 3.63) is 133 Å². The number of allylic oxidation sites excluding steroid dienone is 2. The maximum Gasteiger partial charge on any atom is 0.310 e. The second kappa shape index (κ2) is 19.8. The highest BCUT2D eigenvalue weighted by atomic mass is 16.5. The summed E-state index contributed by atoms with van der Waals surface area (Å²) in [6.45, 7) is 7.95. The average molecular weight is 627 g/mol. The number of hydrogen-bond donors (Lipinski definition) is 2. The summed E-state index contributed by atoms with van der Waals surface area (Å²) < 4.78 is 11.7. The van der Waals surface area contributed by atoms with Crippen LogP contribution >= 0.6 is 0 Å². The van der Waals surface area contributed by atoms with Crippen LogP contribution in [0, 0.1) is 11.8 Å². The molecule has 0 saturated carbocycles. The number of carbonyl (C=O) groups is 3. The SMILES string of the molecule is C=CC[C@H](CC(=O)N(CCO)Cc1ccccc1)C(=O)N[C@@H](COC)[C@@H](OC(=O)[C@H](CC=C)Cc1ccccc1)c1ccccc1. The van der Waals surface area contributed by atoms with Gasteiger partial charge in [0.05, 0.1) is 31.1 Å². The molecule has 8 heteroatoms. The molecule has 3 aromatic carbocycles. The van der Waals surface area contributed by atoms with Crippen LogP contribution < -0.4 is 5.32 Å². The lowest BCUT2D eigenvalue weighted by molar-refractivity contribution is -0.158. The van der Waals surface area contributed by atoms with Gasteiger partial charge in [0.25, 0.3) is 0 Å². The van der Waals surface area contributed by atoms with Crippen molar-refractivity contribution in [1.82, 2.24) is 10.2 Å². The Bertz CT molecular complexity index is 1370. The number of aliphatic hydroxyl groups excluding tert-OH is 1. The van der Waals surface area contributed by atoms with E-state index in [4.69, 9.17) is 9.47 Å². The second-order valence-electron chi connectivity index (χ2n) is 11.2. The summed E-state index contributed by atoms with van der Waals surface area (Å²) in [7, 11) is 1.51. The van der Waals surface area contributed by atoms with Gasteiger partial charge in [-0.2, -0.15) is 0 Å². The summed E-state index contributed by atoms with van der Waals surface area (Å²) in [5.74, 6) is -2.27. The Morgan fingerprint density at radius 3 is 1.98 bits per heavy atom. The van der Waals surface area contributed by atoms with E-state index in [2.05, 4.69) is 18.5 Å². The van der Waals surface area contributed by atoms with Crippen LogP contribution in [0.2, 0.25) is 0 Å². The van der Waals surface area contributed by atoms with Gasteiger partial charge in [-0.1, -0.05) is 103 Å². The van der Waals surface area contributed by atoms with Gasteiger partial charge in [0.1, 0.15) is 6.10 Å². The number of ether oxygens (including phenoxy) is 2. The van der Waals surface area contributed by atoms with E-state index in [9.17, 15) is 19.5 Å². The van der Waals surface area contributed by atoms with E-state index in [1.54, 1.807) is 17.1 Å². The van der Waals surface area contributed by atoms with Crippen LogP contribution in [0.5, 0.6) is 0 Å². The maximum atomic E-state index is 13.8. The summed E-state index contributed by atoms with van der Waals surface area (Å²) in [6, 6.07) is 27.7. The normalized spacial score (nSPS) is 13.4. The molecule has 0 aromatic heterocycles. The van der Waals surface area contributed by atoms with Gasteiger partial charge >= 0.3 is 5.97 Å². The molecule has 0 aliphatic heterocycles. The summed E-state index contributed by atoms with van der Waals surface area (Å²) in [5.41, 5.74) is 2.62. The third-order valence-corrected chi connectivity index (χ3v) is 7.70. The van der Waals surface area contributed by atoms with E-state index in [0.29, 0.717) is 24.9 Å². The predicted molar refractivity (Wildman–Crippen MR) is 179 cm³/mol. The Labute approximate surface area is 272 Å². The molecule has 0 saturated heterocycles. The molecule has 0 spiro atoms. The molecular formula is C38H46N2O6. The van der Waals surface area contributed by atoms with Gasteiger partial charge in [-0.05, 0) is 36.0 Å². The Balaban J connectivity index is 1.82. The first-order valence-electron chi connectivity index (χ1n) is 15.6. The summed E-state index contributed by atoms with van der Waals surface area (Å²) in [6.07, 6.45) is 3.52. The highest BCUT2D eigenvalue weighted by Gasteiger charge is 2.33. The molecule has 0 unspecified atom stereocenters. The fourth-order valence-corrected chi connectivity index (χ4v) is 5.33. The van der Waals surface area contributed by atoms with Crippen LogP contribution in [-0.2, 0) is 36.8 Å². The fraction of sp³-hybridized carbons (Fsp3) is 0.342. The molecule has 0 aliphatic carbocycles. The number of aliphatic hydroxyl groups is 1. The van der Waals surface area contributed by atoms with Crippen molar-refractivity contribution in [2.24, 2.45) is 11.8 Å². The molecule has 0 radical (unpaired) electrons. The number of carbonyl (C=O) groups excluding carboxylic acids is 3. The van der Waals surface area contributed by atoms with Crippen molar-refractivity contribution in [3.63, 3.8) is 0 Å². The first-order valence-corrected chi connectivity index (χ1v) is 15.6. The Morgan fingerprint density at radius 1 is 0.848 bits per heavy atom. The van der Waals surface area contributed by atoms with Gasteiger partial charge in [0.15, 0.2) is 0 Å². The zero-order chi connectivity index (χ0) is 33.1. The number of rotatable bonds is 20. The first-order chi connectivity index (χ1) is 22.4. The molecule has 0 fully saturated rings. The monoisotopic (exact) mass is 626 g/mol. The number of hydrogen-bond acceptors (Lipinski definition) is 6. The molecule has 0 heterocycles. The lowest BCUT2D eigenvalue weighted by Gasteiger charge is -2.31. The minimum absolute atomic E-state index is 0.0583. The molecular weight excluding hydrogens is 580 g/mol. The zero-order valence-corrected chi connectivity index (χ0v) is 26.6. The minimum atomic E-state index is -0.857. The molecule has 4 atom stereocenters. The van der Waals surface area contributed by atoms with Crippen molar-refractivity contribution in [3.8, 4) is 0 Å². The lowest BCUT2D eigenvalue weighted by Crippen LogP contribution is -2.47. The molecule has 3 rings (SSSR count). The van der Waals surface area contributed by atoms with Crippen LogP contribution in [0.15, 0.2) is 116 Å². The number of nitrogens with zero attached hydrogens (tertiary/aromatic N) is 1. The Kier molecular flexibility index (Phi) is 15.4. The van der Waals surface area contributed by atoms with Crippen LogP contribution in [-0.4, -0.2) is 60.7 Å². The van der Waals surface area contributed by atoms with E-state index >= 15 is 0 Å². The zero-order valence-electron chi connectivity index (χ0n) is 26.6. The van der Waals surface area contributed by atoms with Gasteiger partial charge in [-0.3, -0.25) is 14.4 Å². The van der Waals surface area contributed by atoms with Crippen LogP contribution in [0.3, 0.4) is 0 Å². The van der Waals surface area contributed by atoms with Crippen molar-refractivity contribution in [1.29, 1.82) is 0 Å². The molecule has 0 aliphatic rings. The lowest BCUT2D eigenvalue weighted by atomic mass is 9.95. The maximum absolute atomic E-state index is 13.8. The van der Waals surface area contributed by atoms with Crippen LogP contribution in [0.4, 0.5) is 0 Å². The predicted octanol–water partition coefficient (Wildman–Crippen LogP) is 5.44. The molecule has 244 valence electrons. The first kappa shape index (κ1) is 35.9. The fourth-order valence-electron chi connectivity index (χ4n) is 5.33. The third-order valence-electron chi connectivity index (χ3n) is 7.70. The van der Waals surface area contributed by atoms with Gasteiger partial charge in [-0.25, -0.2) is 0 Å². The van der Waals surface area contributed by atoms with Crippen LogP contribution in [0.25, 0.3) is 0 Å². The van der Waals surface area contributed by atoms with Crippen LogP contribution in [0.1, 0.15) is 42.1 Å². The molecule has 2 amide bonds. The summed E-state index contributed by atoms with van der Waals surface area (Å²) in [5, 5.41) is 12.7.